The Morgan fingerprint density at radius 3 is 2.95 bits per heavy atom. The van der Waals surface area contributed by atoms with Gasteiger partial charge in [0.05, 0.1) is 11.2 Å². The fraction of sp³-hybridized carbons (Fsp3) is 0.0769. The molecule has 3 rings (SSSR count). The Hall–Kier alpha value is -2.21. The molecule has 0 aliphatic rings. The lowest BCUT2D eigenvalue weighted by atomic mass is 10.2. The lowest BCUT2D eigenvalue weighted by Gasteiger charge is -2.04. The molecular formula is C13H12N4OS. The maximum atomic E-state index is 5.00. The molecule has 0 fully saturated rings. The third kappa shape index (κ3) is 2.79. The highest BCUT2D eigenvalue weighted by molar-refractivity contribution is 7.99. The summed E-state index contributed by atoms with van der Waals surface area (Å²) in [4.78, 5) is 5.34. The van der Waals surface area contributed by atoms with E-state index in [-0.39, 0.29) is 0 Å². The number of hydrogen-bond acceptors (Lipinski definition) is 5. The smallest absolute Gasteiger partial charge is 0.224 e. The van der Waals surface area contributed by atoms with E-state index < -0.39 is 0 Å². The molecular weight excluding hydrogens is 260 g/mol. The summed E-state index contributed by atoms with van der Waals surface area (Å²) < 4.78 is 5.00. The lowest BCUT2D eigenvalue weighted by Crippen LogP contribution is -1.94. The van der Waals surface area contributed by atoms with Crippen molar-refractivity contribution in [3.8, 4) is 0 Å². The SMILES string of the molecule is Cc1ccccc1Nc1nc(Sc2ccoc2)n[nH]1. The van der Waals surface area contributed by atoms with Gasteiger partial charge < -0.3 is 9.73 Å². The summed E-state index contributed by atoms with van der Waals surface area (Å²) in [5.41, 5.74) is 2.17. The molecule has 0 saturated heterocycles. The zero-order chi connectivity index (χ0) is 13.1. The quantitative estimate of drug-likeness (QED) is 0.759. The van der Waals surface area contributed by atoms with Crippen molar-refractivity contribution in [2.75, 3.05) is 5.32 Å². The minimum atomic E-state index is 0.625. The van der Waals surface area contributed by atoms with E-state index in [1.54, 1.807) is 12.5 Å². The van der Waals surface area contributed by atoms with Crippen LogP contribution in [0.2, 0.25) is 0 Å². The number of aromatic nitrogens is 3. The molecule has 5 nitrogen and oxygen atoms in total. The van der Waals surface area contributed by atoms with E-state index in [0.717, 1.165) is 16.1 Å². The van der Waals surface area contributed by atoms with Crippen molar-refractivity contribution in [1.29, 1.82) is 0 Å². The van der Waals surface area contributed by atoms with Crippen LogP contribution in [0.15, 0.2) is 57.3 Å². The summed E-state index contributed by atoms with van der Waals surface area (Å²) in [6.45, 7) is 2.04. The summed E-state index contributed by atoms with van der Waals surface area (Å²) in [6, 6.07) is 9.89. The van der Waals surface area contributed by atoms with E-state index in [0.29, 0.717) is 11.1 Å². The summed E-state index contributed by atoms with van der Waals surface area (Å²) in [5.74, 6) is 0.625. The van der Waals surface area contributed by atoms with Crippen LogP contribution in [0.3, 0.4) is 0 Å². The van der Waals surface area contributed by atoms with Crippen molar-refractivity contribution in [2.45, 2.75) is 17.0 Å². The topological polar surface area (TPSA) is 66.7 Å². The standard InChI is InChI=1S/C13H12N4OS/c1-9-4-2-3-5-11(9)14-12-15-13(17-16-12)19-10-6-7-18-8-10/h2-8H,1H3,(H2,14,15,16,17). The average Bonchev–Trinajstić information content (AvgIpc) is 3.05. The number of para-hydroxylation sites is 1. The minimum Gasteiger partial charge on any atom is -0.471 e. The highest BCUT2D eigenvalue weighted by Gasteiger charge is 2.07. The fourth-order valence-corrected chi connectivity index (χ4v) is 2.27. The second-order valence-electron chi connectivity index (χ2n) is 3.97. The monoisotopic (exact) mass is 272 g/mol. The van der Waals surface area contributed by atoms with E-state index in [1.807, 2.05) is 37.3 Å². The van der Waals surface area contributed by atoms with E-state index in [1.165, 1.54) is 11.8 Å². The second-order valence-corrected chi connectivity index (χ2v) is 5.01. The van der Waals surface area contributed by atoms with Gasteiger partial charge in [0, 0.05) is 5.69 Å². The van der Waals surface area contributed by atoms with Crippen LogP contribution in [-0.2, 0) is 0 Å². The molecule has 0 aliphatic carbocycles. The van der Waals surface area contributed by atoms with Crippen molar-refractivity contribution in [3.05, 3.63) is 48.4 Å². The summed E-state index contributed by atoms with van der Waals surface area (Å²) in [5, 5.41) is 10.9. The summed E-state index contributed by atoms with van der Waals surface area (Å²) in [6.07, 6.45) is 3.29. The second kappa shape index (κ2) is 5.19. The maximum absolute atomic E-state index is 5.00. The van der Waals surface area contributed by atoms with E-state index in [2.05, 4.69) is 20.5 Å². The molecule has 1 aromatic carbocycles. The van der Waals surface area contributed by atoms with Crippen LogP contribution in [0.4, 0.5) is 11.6 Å². The molecule has 0 bridgehead atoms. The molecule has 0 amide bonds. The molecule has 3 aromatic rings. The predicted octanol–water partition coefficient (Wildman–Crippen LogP) is 3.60. The zero-order valence-electron chi connectivity index (χ0n) is 10.3. The van der Waals surface area contributed by atoms with E-state index in [4.69, 9.17) is 4.42 Å². The first-order valence-electron chi connectivity index (χ1n) is 5.76. The van der Waals surface area contributed by atoms with Gasteiger partial charge in [0.15, 0.2) is 0 Å². The maximum Gasteiger partial charge on any atom is 0.224 e. The molecule has 0 unspecified atom stereocenters. The number of rotatable bonds is 4. The lowest BCUT2D eigenvalue weighted by molar-refractivity contribution is 0.562. The van der Waals surface area contributed by atoms with Crippen LogP contribution in [-0.4, -0.2) is 15.2 Å². The van der Waals surface area contributed by atoms with Crippen LogP contribution in [0.5, 0.6) is 0 Å². The van der Waals surface area contributed by atoms with Crippen molar-refractivity contribution < 1.29 is 4.42 Å². The first-order valence-corrected chi connectivity index (χ1v) is 6.58. The molecule has 96 valence electrons. The Labute approximate surface area is 114 Å². The van der Waals surface area contributed by atoms with Gasteiger partial charge in [-0.2, -0.15) is 4.98 Å². The minimum absolute atomic E-state index is 0.625. The van der Waals surface area contributed by atoms with Gasteiger partial charge in [-0.25, -0.2) is 5.10 Å². The van der Waals surface area contributed by atoms with Gasteiger partial charge in [0.1, 0.15) is 6.26 Å². The van der Waals surface area contributed by atoms with Crippen molar-refractivity contribution in [3.63, 3.8) is 0 Å². The first kappa shape index (κ1) is 11.9. The normalized spacial score (nSPS) is 10.6. The van der Waals surface area contributed by atoms with Gasteiger partial charge in [0.2, 0.25) is 11.1 Å². The number of hydrogen-bond donors (Lipinski definition) is 2. The average molecular weight is 272 g/mol. The number of nitrogens with one attached hydrogen (secondary N) is 2. The van der Waals surface area contributed by atoms with Crippen LogP contribution in [0, 0.1) is 6.92 Å². The summed E-state index contributed by atoms with van der Waals surface area (Å²) in [7, 11) is 0. The zero-order valence-corrected chi connectivity index (χ0v) is 11.1. The number of nitrogens with zero attached hydrogens (tertiary/aromatic N) is 2. The van der Waals surface area contributed by atoms with E-state index in [9.17, 15) is 0 Å². The highest BCUT2D eigenvalue weighted by atomic mass is 32.2. The predicted molar refractivity (Wildman–Crippen MR) is 73.7 cm³/mol. The van der Waals surface area contributed by atoms with Gasteiger partial charge in [-0.1, -0.05) is 18.2 Å². The van der Waals surface area contributed by atoms with Crippen LogP contribution >= 0.6 is 11.8 Å². The number of H-pyrrole nitrogens is 1. The first-order chi connectivity index (χ1) is 9.31. The molecule has 0 radical (unpaired) electrons. The Morgan fingerprint density at radius 2 is 2.16 bits per heavy atom. The molecule has 6 heteroatoms. The number of furan rings is 1. The van der Waals surface area contributed by atoms with Gasteiger partial charge >= 0.3 is 0 Å². The number of aryl methyl sites for hydroxylation is 1. The molecule has 19 heavy (non-hydrogen) atoms. The van der Waals surface area contributed by atoms with Crippen LogP contribution < -0.4 is 5.32 Å². The molecule has 0 spiro atoms. The summed E-state index contributed by atoms with van der Waals surface area (Å²) >= 11 is 1.44. The molecule has 0 aliphatic heterocycles. The fourth-order valence-electron chi connectivity index (χ4n) is 1.60. The van der Waals surface area contributed by atoms with Crippen LogP contribution in [0.1, 0.15) is 5.56 Å². The van der Waals surface area contributed by atoms with Gasteiger partial charge in [-0.05, 0) is 36.4 Å². The van der Waals surface area contributed by atoms with Gasteiger partial charge in [-0.3, -0.25) is 0 Å². The van der Waals surface area contributed by atoms with Crippen molar-refractivity contribution in [2.24, 2.45) is 0 Å². The Morgan fingerprint density at radius 1 is 1.26 bits per heavy atom. The Balaban J connectivity index is 1.73. The molecule has 0 saturated carbocycles. The van der Waals surface area contributed by atoms with Gasteiger partial charge in [0.25, 0.3) is 0 Å². The molecule has 0 atom stereocenters. The van der Waals surface area contributed by atoms with Crippen LogP contribution in [0.25, 0.3) is 0 Å². The number of benzene rings is 1. The number of anilines is 2. The molecule has 2 heterocycles. The molecule has 2 aromatic heterocycles. The van der Waals surface area contributed by atoms with Gasteiger partial charge in [-0.15, -0.1) is 5.10 Å². The highest BCUT2D eigenvalue weighted by Crippen LogP contribution is 2.26. The molecule has 2 N–H and O–H groups in total. The van der Waals surface area contributed by atoms with E-state index >= 15 is 0 Å². The Kier molecular flexibility index (Phi) is 3.24. The third-order valence-corrected chi connectivity index (χ3v) is 3.40. The Bertz CT molecular complexity index is 663. The third-order valence-electron chi connectivity index (χ3n) is 2.57. The van der Waals surface area contributed by atoms with Crippen molar-refractivity contribution >= 4 is 23.4 Å². The largest absolute Gasteiger partial charge is 0.471 e. The number of aromatic amines is 1. The van der Waals surface area contributed by atoms with Crippen molar-refractivity contribution in [1.82, 2.24) is 15.2 Å².